The zero-order valence-corrected chi connectivity index (χ0v) is 6.52. The summed E-state index contributed by atoms with van der Waals surface area (Å²) >= 11 is 1.64. The Hall–Kier alpha value is -0.890. The van der Waals surface area contributed by atoms with E-state index in [-0.39, 0.29) is 0 Å². The molecule has 10 heavy (non-hydrogen) atoms. The fourth-order valence-electron chi connectivity index (χ4n) is 0.687. The smallest absolute Gasteiger partial charge is 0.143 e. The van der Waals surface area contributed by atoms with Gasteiger partial charge in [0.15, 0.2) is 0 Å². The van der Waals surface area contributed by atoms with Crippen LogP contribution < -0.4 is 0 Å². The summed E-state index contributed by atoms with van der Waals surface area (Å²) in [6.07, 6.45) is 2.39. The fraction of sp³-hybridized carbons (Fsp3) is 0.125. The Bertz CT molecular complexity index is 234. The maximum atomic E-state index is 10.0. The molecule has 1 heterocycles. The minimum absolute atomic E-state index is 0.815. The predicted octanol–water partition coefficient (Wildman–Crippen LogP) is 2.35. The van der Waals surface area contributed by atoms with Crippen LogP contribution in [-0.4, -0.2) is 6.29 Å². The monoisotopic (exact) mass is 152 g/mol. The van der Waals surface area contributed by atoms with E-state index in [0.717, 1.165) is 16.7 Å². The highest BCUT2D eigenvalue weighted by Crippen LogP contribution is 2.18. The number of hydrogen-bond acceptors (Lipinski definition) is 2. The van der Waals surface area contributed by atoms with Gasteiger partial charge in [0.2, 0.25) is 0 Å². The molecule has 0 bridgehead atoms. The molecule has 0 amide bonds. The van der Waals surface area contributed by atoms with Crippen LogP contribution in [0.1, 0.15) is 11.8 Å². The summed E-state index contributed by atoms with van der Waals surface area (Å²) in [5.41, 5.74) is 1.03. The second-order valence-corrected chi connectivity index (χ2v) is 2.91. The van der Waals surface area contributed by atoms with Gasteiger partial charge >= 0.3 is 0 Å². The average molecular weight is 152 g/mol. The van der Waals surface area contributed by atoms with Crippen LogP contribution in [0.2, 0.25) is 0 Å². The van der Waals surface area contributed by atoms with E-state index >= 15 is 0 Å². The van der Waals surface area contributed by atoms with Gasteiger partial charge in [-0.3, -0.25) is 4.79 Å². The van der Waals surface area contributed by atoms with Crippen molar-refractivity contribution < 1.29 is 4.79 Å². The molecular weight excluding hydrogens is 144 g/mol. The van der Waals surface area contributed by atoms with Crippen LogP contribution >= 0.6 is 11.3 Å². The molecule has 0 spiro atoms. The SMILES string of the molecule is C/C(=C\C=O)c1cccs1. The lowest BCUT2D eigenvalue weighted by Gasteiger charge is -1.89. The van der Waals surface area contributed by atoms with Gasteiger partial charge in [0, 0.05) is 4.88 Å². The summed E-state index contributed by atoms with van der Waals surface area (Å²) in [7, 11) is 0. The van der Waals surface area contributed by atoms with Gasteiger partial charge in [-0.1, -0.05) is 6.07 Å². The molecule has 0 saturated heterocycles. The van der Waals surface area contributed by atoms with Crippen molar-refractivity contribution in [3.05, 3.63) is 28.5 Å². The highest BCUT2D eigenvalue weighted by atomic mass is 32.1. The van der Waals surface area contributed by atoms with Crippen molar-refractivity contribution in [2.75, 3.05) is 0 Å². The number of aldehydes is 1. The van der Waals surface area contributed by atoms with Gasteiger partial charge in [-0.2, -0.15) is 0 Å². The summed E-state index contributed by atoms with van der Waals surface area (Å²) in [4.78, 5) is 11.2. The third kappa shape index (κ3) is 1.54. The first-order valence-corrected chi connectivity index (χ1v) is 3.88. The summed E-state index contributed by atoms with van der Waals surface area (Å²) in [5, 5.41) is 2.00. The van der Waals surface area contributed by atoms with Gasteiger partial charge < -0.3 is 0 Å². The molecule has 0 aromatic carbocycles. The van der Waals surface area contributed by atoms with E-state index in [9.17, 15) is 4.79 Å². The molecule has 0 fully saturated rings. The van der Waals surface area contributed by atoms with E-state index in [1.54, 1.807) is 17.4 Å². The molecule has 0 aliphatic rings. The van der Waals surface area contributed by atoms with Crippen molar-refractivity contribution in [2.24, 2.45) is 0 Å². The molecule has 0 saturated carbocycles. The Morgan fingerprint density at radius 2 is 2.50 bits per heavy atom. The number of allylic oxidation sites excluding steroid dienone is 2. The molecule has 1 rings (SSSR count). The van der Waals surface area contributed by atoms with Gasteiger partial charge in [-0.25, -0.2) is 0 Å². The van der Waals surface area contributed by atoms with Crippen LogP contribution in [0.4, 0.5) is 0 Å². The van der Waals surface area contributed by atoms with Crippen molar-refractivity contribution in [1.29, 1.82) is 0 Å². The molecule has 0 radical (unpaired) electrons. The zero-order valence-electron chi connectivity index (χ0n) is 5.70. The minimum atomic E-state index is 0.815. The average Bonchev–Trinajstić information content (AvgIpc) is 2.38. The van der Waals surface area contributed by atoms with Crippen LogP contribution in [0.15, 0.2) is 23.6 Å². The lowest BCUT2D eigenvalue weighted by Crippen LogP contribution is -1.70. The Balaban J connectivity index is 2.86. The van der Waals surface area contributed by atoms with E-state index in [1.807, 2.05) is 24.4 Å². The Morgan fingerprint density at radius 3 is 3.00 bits per heavy atom. The van der Waals surface area contributed by atoms with Crippen molar-refractivity contribution in [2.45, 2.75) is 6.92 Å². The van der Waals surface area contributed by atoms with Gasteiger partial charge in [0.25, 0.3) is 0 Å². The van der Waals surface area contributed by atoms with Crippen LogP contribution in [0.5, 0.6) is 0 Å². The minimum Gasteiger partial charge on any atom is -0.299 e. The summed E-state index contributed by atoms with van der Waals surface area (Å²) in [6, 6.07) is 3.97. The van der Waals surface area contributed by atoms with Crippen molar-refractivity contribution in [3.63, 3.8) is 0 Å². The maximum absolute atomic E-state index is 10.0. The van der Waals surface area contributed by atoms with Gasteiger partial charge in [-0.05, 0) is 30.0 Å². The van der Waals surface area contributed by atoms with E-state index in [2.05, 4.69) is 0 Å². The molecule has 0 atom stereocenters. The normalized spacial score (nSPS) is 11.5. The number of hydrogen-bond donors (Lipinski definition) is 0. The lowest BCUT2D eigenvalue weighted by atomic mass is 10.2. The summed E-state index contributed by atoms with van der Waals surface area (Å²) in [6.45, 7) is 1.93. The molecule has 0 unspecified atom stereocenters. The van der Waals surface area contributed by atoms with E-state index < -0.39 is 0 Å². The van der Waals surface area contributed by atoms with Gasteiger partial charge in [-0.15, -0.1) is 11.3 Å². The molecule has 1 nitrogen and oxygen atoms in total. The van der Waals surface area contributed by atoms with Gasteiger partial charge in [0.05, 0.1) is 0 Å². The first kappa shape index (κ1) is 7.22. The third-order valence-corrected chi connectivity index (χ3v) is 2.23. The molecule has 52 valence electrons. The second kappa shape index (κ2) is 3.32. The fourth-order valence-corrected chi connectivity index (χ4v) is 1.40. The first-order valence-electron chi connectivity index (χ1n) is 3.00. The zero-order chi connectivity index (χ0) is 7.40. The quantitative estimate of drug-likeness (QED) is 0.469. The topological polar surface area (TPSA) is 17.1 Å². The Labute approximate surface area is 64.0 Å². The van der Waals surface area contributed by atoms with E-state index in [1.165, 1.54) is 0 Å². The lowest BCUT2D eigenvalue weighted by molar-refractivity contribution is -0.104. The van der Waals surface area contributed by atoms with Crippen LogP contribution in [0, 0.1) is 0 Å². The highest BCUT2D eigenvalue weighted by molar-refractivity contribution is 7.11. The van der Waals surface area contributed by atoms with E-state index in [0.29, 0.717) is 0 Å². The molecule has 0 aliphatic heterocycles. The number of carbonyl (C=O) groups excluding carboxylic acids is 1. The highest BCUT2D eigenvalue weighted by Gasteiger charge is 1.92. The van der Waals surface area contributed by atoms with Gasteiger partial charge in [0.1, 0.15) is 6.29 Å². The Morgan fingerprint density at radius 1 is 1.70 bits per heavy atom. The van der Waals surface area contributed by atoms with Crippen molar-refractivity contribution >= 4 is 23.2 Å². The molecular formula is C8H8OS. The first-order chi connectivity index (χ1) is 4.84. The standard InChI is InChI=1S/C8H8OS/c1-7(4-5-9)8-3-2-6-10-8/h2-6H,1H3/b7-4+. The number of carbonyl (C=O) groups is 1. The number of thiophene rings is 1. The molecule has 2 heteroatoms. The Kier molecular flexibility index (Phi) is 2.40. The third-order valence-electron chi connectivity index (χ3n) is 1.23. The second-order valence-electron chi connectivity index (χ2n) is 1.96. The summed E-state index contributed by atoms with van der Waals surface area (Å²) in [5.74, 6) is 0. The number of rotatable bonds is 2. The molecule has 1 aromatic heterocycles. The van der Waals surface area contributed by atoms with Crippen LogP contribution in [0.25, 0.3) is 5.57 Å². The molecule has 0 N–H and O–H groups in total. The van der Waals surface area contributed by atoms with Crippen LogP contribution in [-0.2, 0) is 4.79 Å². The molecule has 0 aliphatic carbocycles. The van der Waals surface area contributed by atoms with Crippen molar-refractivity contribution in [3.8, 4) is 0 Å². The predicted molar refractivity (Wildman–Crippen MR) is 44.0 cm³/mol. The van der Waals surface area contributed by atoms with Crippen LogP contribution in [0.3, 0.4) is 0 Å². The summed E-state index contributed by atoms with van der Waals surface area (Å²) < 4.78 is 0. The van der Waals surface area contributed by atoms with Crippen molar-refractivity contribution in [1.82, 2.24) is 0 Å². The largest absolute Gasteiger partial charge is 0.299 e. The maximum Gasteiger partial charge on any atom is 0.143 e. The van der Waals surface area contributed by atoms with E-state index in [4.69, 9.17) is 0 Å². The molecule has 1 aromatic rings.